The summed E-state index contributed by atoms with van der Waals surface area (Å²) in [4.78, 5) is 1.29. The summed E-state index contributed by atoms with van der Waals surface area (Å²) in [5.41, 5.74) is 0. The second kappa shape index (κ2) is 2.22. The van der Waals surface area contributed by atoms with Gasteiger partial charge in [-0.05, 0) is 17.9 Å². The van der Waals surface area contributed by atoms with Crippen molar-refractivity contribution in [2.24, 2.45) is 0 Å². The molecule has 0 nitrogen and oxygen atoms in total. The molecule has 0 bridgehead atoms. The molecule has 1 heteroatoms. The van der Waals surface area contributed by atoms with Crippen LogP contribution in [0.25, 0.3) is 0 Å². The summed E-state index contributed by atoms with van der Waals surface area (Å²) in [6.45, 7) is 2.08. The van der Waals surface area contributed by atoms with Gasteiger partial charge in [0.25, 0.3) is 0 Å². The van der Waals surface area contributed by atoms with Gasteiger partial charge in [0.05, 0.1) is 0 Å². The lowest BCUT2D eigenvalue weighted by atomic mass is 10.4. The van der Waals surface area contributed by atoms with Gasteiger partial charge < -0.3 is 0 Å². The van der Waals surface area contributed by atoms with Crippen LogP contribution in [0.2, 0.25) is 0 Å². The van der Waals surface area contributed by atoms with Crippen molar-refractivity contribution in [1.29, 1.82) is 0 Å². The SMILES string of the molecule is CC1=[C]C=CCS1. The third-order valence-electron chi connectivity index (χ3n) is 0.801. The van der Waals surface area contributed by atoms with Crippen LogP contribution in [0.15, 0.2) is 17.1 Å². The molecule has 0 saturated carbocycles. The Balaban J connectivity index is 2.57. The van der Waals surface area contributed by atoms with E-state index in [0.29, 0.717) is 0 Å². The van der Waals surface area contributed by atoms with E-state index in [4.69, 9.17) is 0 Å². The van der Waals surface area contributed by atoms with Crippen LogP contribution < -0.4 is 0 Å². The van der Waals surface area contributed by atoms with Crippen LogP contribution in [0.3, 0.4) is 0 Å². The van der Waals surface area contributed by atoms with Gasteiger partial charge in [-0.2, -0.15) is 0 Å². The van der Waals surface area contributed by atoms with E-state index >= 15 is 0 Å². The van der Waals surface area contributed by atoms with Gasteiger partial charge in [0.2, 0.25) is 0 Å². The number of allylic oxidation sites excluding steroid dienone is 3. The molecule has 0 fully saturated rings. The average molecular weight is 111 g/mol. The van der Waals surface area contributed by atoms with Gasteiger partial charge in [0.1, 0.15) is 0 Å². The fourth-order valence-electron chi connectivity index (χ4n) is 0.439. The molecule has 1 aliphatic rings. The molecule has 0 saturated heterocycles. The van der Waals surface area contributed by atoms with Crippen molar-refractivity contribution < 1.29 is 0 Å². The van der Waals surface area contributed by atoms with Gasteiger partial charge in [-0.1, -0.05) is 12.2 Å². The molecule has 37 valence electrons. The van der Waals surface area contributed by atoms with Gasteiger partial charge in [-0.15, -0.1) is 11.8 Å². The molecule has 0 aromatic rings. The van der Waals surface area contributed by atoms with Crippen LogP contribution in [0.4, 0.5) is 0 Å². The lowest BCUT2D eigenvalue weighted by Crippen LogP contribution is -1.76. The predicted octanol–water partition coefficient (Wildman–Crippen LogP) is 2.00. The third kappa shape index (κ3) is 1.39. The Morgan fingerprint density at radius 3 is 3.00 bits per heavy atom. The molecule has 0 spiro atoms. The molecule has 0 N–H and O–H groups in total. The smallest absolute Gasteiger partial charge is 0.0161 e. The fourth-order valence-corrected chi connectivity index (χ4v) is 1.03. The minimum absolute atomic E-state index is 1.12. The summed E-state index contributed by atoms with van der Waals surface area (Å²) < 4.78 is 0. The summed E-state index contributed by atoms with van der Waals surface area (Å²) in [5.74, 6) is 1.12. The number of rotatable bonds is 0. The van der Waals surface area contributed by atoms with E-state index < -0.39 is 0 Å². The largest absolute Gasteiger partial charge is 0.126 e. The Morgan fingerprint density at radius 1 is 1.86 bits per heavy atom. The van der Waals surface area contributed by atoms with Gasteiger partial charge >= 0.3 is 0 Å². The summed E-state index contributed by atoms with van der Waals surface area (Å²) in [5, 5.41) is 0. The zero-order valence-electron chi connectivity index (χ0n) is 4.27. The summed E-state index contributed by atoms with van der Waals surface area (Å²) in [7, 11) is 0. The van der Waals surface area contributed by atoms with E-state index in [1.165, 1.54) is 4.91 Å². The Kier molecular flexibility index (Phi) is 1.58. The molecule has 7 heavy (non-hydrogen) atoms. The predicted molar refractivity (Wildman–Crippen MR) is 34.0 cm³/mol. The highest BCUT2D eigenvalue weighted by molar-refractivity contribution is 8.03. The molecule has 0 aliphatic carbocycles. The summed E-state index contributed by atoms with van der Waals surface area (Å²) >= 11 is 1.84. The van der Waals surface area contributed by atoms with Crippen LogP contribution in [-0.2, 0) is 0 Å². The van der Waals surface area contributed by atoms with E-state index in [1.54, 1.807) is 0 Å². The highest BCUT2D eigenvalue weighted by Gasteiger charge is 1.89. The number of hydrogen-bond donors (Lipinski definition) is 0. The maximum absolute atomic E-state index is 3.08. The first-order chi connectivity index (χ1) is 3.39. The Morgan fingerprint density at radius 2 is 2.71 bits per heavy atom. The first-order valence-electron chi connectivity index (χ1n) is 2.27. The number of thioether (sulfide) groups is 1. The Hall–Kier alpha value is -0.170. The Labute approximate surface area is 48.3 Å². The summed E-state index contributed by atoms with van der Waals surface area (Å²) in [6, 6.07) is 0. The van der Waals surface area contributed by atoms with E-state index in [9.17, 15) is 0 Å². The van der Waals surface area contributed by atoms with E-state index in [2.05, 4.69) is 19.1 Å². The molecule has 1 aliphatic heterocycles. The molecule has 0 unspecified atom stereocenters. The van der Waals surface area contributed by atoms with Gasteiger partial charge in [-0.25, -0.2) is 0 Å². The van der Waals surface area contributed by atoms with Crippen molar-refractivity contribution in [3.05, 3.63) is 23.1 Å². The standard InChI is InChI=1S/C6H7S/c1-6-4-2-3-5-7-6/h2-3H,5H2,1H3. The van der Waals surface area contributed by atoms with E-state index in [0.717, 1.165) is 5.75 Å². The maximum Gasteiger partial charge on any atom is 0.0161 e. The average Bonchev–Trinajstić information content (AvgIpc) is 1.69. The third-order valence-corrected chi connectivity index (χ3v) is 1.71. The topological polar surface area (TPSA) is 0 Å². The molecule has 1 rings (SSSR count). The van der Waals surface area contributed by atoms with Crippen LogP contribution in [0, 0.1) is 6.08 Å². The molecule has 1 radical (unpaired) electrons. The molecule has 0 atom stereocenters. The van der Waals surface area contributed by atoms with Gasteiger partial charge in [-0.3, -0.25) is 0 Å². The quantitative estimate of drug-likeness (QED) is 0.460. The molecular weight excluding hydrogens is 104 g/mol. The second-order valence-electron chi connectivity index (χ2n) is 1.41. The zero-order valence-corrected chi connectivity index (χ0v) is 5.09. The number of hydrogen-bond acceptors (Lipinski definition) is 1. The highest BCUT2D eigenvalue weighted by Crippen LogP contribution is 2.16. The van der Waals surface area contributed by atoms with Gasteiger partial charge in [0, 0.05) is 5.75 Å². The highest BCUT2D eigenvalue weighted by atomic mass is 32.2. The fraction of sp³-hybridized carbons (Fsp3) is 0.333. The minimum atomic E-state index is 1.12. The second-order valence-corrected chi connectivity index (χ2v) is 2.65. The molecule has 0 aromatic heterocycles. The molecule has 0 amide bonds. The monoisotopic (exact) mass is 111 g/mol. The van der Waals surface area contributed by atoms with Crippen molar-refractivity contribution in [1.82, 2.24) is 0 Å². The maximum atomic E-state index is 3.08. The Bertz CT molecular complexity index is 111. The summed E-state index contributed by atoms with van der Waals surface area (Å²) in [6.07, 6.45) is 7.17. The van der Waals surface area contributed by atoms with Crippen LogP contribution in [-0.4, -0.2) is 5.75 Å². The molecule has 0 aromatic carbocycles. The van der Waals surface area contributed by atoms with E-state index in [-0.39, 0.29) is 0 Å². The van der Waals surface area contributed by atoms with Crippen molar-refractivity contribution >= 4 is 11.8 Å². The first-order valence-corrected chi connectivity index (χ1v) is 3.26. The van der Waals surface area contributed by atoms with E-state index in [1.807, 2.05) is 17.8 Å². The zero-order chi connectivity index (χ0) is 5.11. The molecular formula is C6H7S. The van der Waals surface area contributed by atoms with Crippen LogP contribution in [0.1, 0.15) is 6.92 Å². The van der Waals surface area contributed by atoms with Gasteiger partial charge in [0.15, 0.2) is 0 Å². The molecule has 1 heterocycles. The van der Waals surface area contributed by atoms with Crippen LogP contribution >= 0.6 is 11.8 Å². The van der Waals surface area contributed by atoms with Crippen molar-refractivity contribution in [3.8, 4) is 0 Å². The lowest BCUT2D eigenvalue weighted by Gasteiger charge is -1.97. The normalized spacial score (nSPS) is 19.3. The van der Waals surface area contributed by atoms with Crippen molar-refractivity contribution in [2.75, 3.05) is 5.75 Å². The van der Waals surface area contributed by atoms with Crippen molar-refractivity contribution in [2.45, 2.75) is 6.92 Å². The van der Waals surface area contributed by atoms with Crippen molar-refractivity contribution in [3.63, 3.8) is 0 Å². The lowest BCUT2D eigenvalue weighted by molar-refractivity contribution is 1.57. The van der Waals surface area contributed by atoms with Crippen LogP contribution in [0.5, 0.6) is 0 Å². The first kappa shape index (κ1) is 4.98. The minimum Gasteiger partial charge on any atom is -0.126 e.